The van der Waals surface area contributed by atoms with E-state index < -0.39 is 4.92 Å². The predicted octanol–water partition coefficient (Wildman–Crippen LogP) is 5.41. The first-order valence-electron chi connectivity index (χ1n) is 11.0. The van der Waals surface area contributed by atoms with Crippen LogP contribution < -0.4 is 4.74 Å². The quantitative estimate of drug-likeness (QED) is 0.184. The number of aryl methyl sites for hydroxylation is 1. The highest BCUT2D eigenvalue weighted by molar-refractivity contribution is 5.93. The fourth-order valence-corrected chi connectivity index (χ4v) is 4.10. The van der Waals surface area contributed by atoms with Crippen LogP contribution in [0.2, 0.25) is 0 Å². The molecule has 0 spiro atoms. The molecular formula is C27H20N6O3. The highest BCUT2D eigenvalue weighted by Gasteiger charge is 2.20. The van der Waals surface area contributed by atoms with Crippen LogP contribution in [0.5, 0.6) is 5.75 Å². The second-order valence-electron chi connectivity index (χ2n) is 8.01. The summed E-state index contributed by atoms with van der Waals surface area (Å²) in [4.78, 5) is 15.8. The third-order valence-corrected chi connectivity index (χ3v) is 5.86. The summed E-state index contributed by atoms with van der Waals surface area (Å²) in [6, 6.07) is 24.1. The molecule has 0 bridgehead atoms. The van der Waals surface area contributed by atoms with Crippen LogP contribution in [0.1, 0.15) is 11.4 Å². The second-order valence-corrected chi connectivity index (χ2v) is 8.01. The first-order valence-corrected chi connectivity index (χ1v) is 11.0. The molecule has 0 aliphatic heterocycles. The average Bonchev–Trinajstić information content (AvgIpc) is 3.48. The lowest BCUT2D eigenvalue weighted by atomic mass is 10.0. The maximum Gasteiger partial charge on any atom is 0.311 e. The van der Waals surface area contributed by atoms with Crippen molar-refractivity contribution in [1.82, 2.24) is 19.3 Å². The van der Waals surface area contributed by atoms with E-state index in [1.165, 1.54) is 13.2 Å². The molecule has 0 saturated heterocycles. The van der Waals surface area contributed by atoms with Gasteiger partial charge in [-0.25, -0.2) is 9.67 Å². The Labute approximate surface area is 206 Å². The van der Waals surface area contributed by atoms with Crippen molar-refractivity contribution in [2.24, 2.45) is 7.05 Å². The maximum atomic E-state index is 11.6. The minimum Gasteiger partial charge on any atom is -0.490 e. The van der Waals surface area contributed by atoms with E-state index in [1.54, 1.807) is 29.1 Å². The van der Waals surface area contributed by atoms with Gasteiger partial charge in [0.15, 0.2) is 11.6 Å². The highest BCUT2D eigenvalue weighted by atomic mass is 16.6. The number of methoxy groups -OCH3 is 1. The molecule has 176 valence electrons. The standard InChI is InChI=1S/C27H20N6O3/c1-31-23-11-7-6-10-22(23)29-27(31)19(16-28)14-20-17-32(21-8-4-3-5-9-21)30-26(20)18-12-13-25(36-2)24(15-18)33(34)35/h3-15,17H,1-2H3/b19-14+. The van der Waals surface area contributed by atoms with Gasteiger partial charge in [-0.1, -0.05) is 30.3 Å². The lowest BCUT2D eigenvalue weighted by molar-refractivity contribution is -0.385. The molecule has 9 heteroatoms. The summed E-state index contributed by atoms with van der Waals surface area (Å²) in [6.45, 7) is 0. The van der Waals surface area contributed by atoms with Gasteiger partial charge in [0, 0.05) is 30.4 Å². The Kier molecular flexibility index (Phi) is 5.76. The van der Waals surface area contributed by atoms with Gasteiger partial charge in [0.1, 0.15) is 11.8 Å². The number of ether oxygens (including phenoxy) is 1. The van der Waals surface area contributed by atoms with Gasteiger partial charge >= 0.3 is 5.69 Å². The third-order valence-electron chi connectivity index (χ3n) is 5.86. The molecule has 0 fully saturated rings. The van der Waals surface area contributed by atoms with E-state index in [-0.39, 0.29) is 11.4 Å². The summed E-state index contributed by atoms with van der Waals surface area (Å²) < 4.78 is 8.70. The Balaban J connectivity index is 1.71. The average molecular weight is 476 g/mol. The van der Waals surface area contributed by atoms with E-state index in [0.717, 1.165) is 16.7 Å². The van der Waals surface area contributed by atoms with Gasteiger partial charge in [0.2, 0.25) is 0 Å². The summed E-state index contributed by atoms with van der Waals surface area (Å²) in [7, 11) is 3.24. The van der Waals surface area contributed by atoms with E-state index in [2.05, 4.69) is 11.1 Å². The smallest absolute Gasteiger partial charge is 0.311 e. The molecule has 2 aromatic heterocycles. The minimum absolute atomic E-state index is 0.153. The number of nitrogens with zero attached hydrogens (tertiary/aromatic N) is 6. The van der Waals surface area contributed by atoms with Gasteiger partial charge < -0.3 is 9.30 Å². The number of nitriles is 1. The van der Waals surface area contributed by atoms with E-state index in [0.29, 0.717) is 28.2 Å². The second kappa shape index (κ2) is 9.19. The van der Waals surface area contributed by atoms with Crippen LogP contribution in [0.3, 0.4) is 0 Å². The number of imidazole rings is 1. The van der Waals surface area contributed by atoms with Gasteiger partial charge in [-0.15, -0.1) is 0 Å². The summed E-state index contributed by atoms with van der Waals surface area (Å²) in [5.74, 6) is 0.665. The molecule has 0 aliphatic carbocycles. The molecule has 0 atom stereocenters. The zero-order valence-corrected chi connectivity index (χ0v) is 19.5. The first kappa shape index (κ1) is 22.6. The summed E-state index contributed by atoms with van der Waals surface area (Å²) in [6.07, 6.45) is 3.50. The SMILES string of the molecule is COc1ccc(-c2nn(-c3ccccc3)cc2/C=C(\C#N)c2nc3ccccc3n2C)cc1[N+](=O)[O-]. The first-order chi connectivity index (χ1) is 17.5. The molecule has 0 aliphatic rings. The number of para-hydroxylation sites is 3. The van der Waals surface area contributed by atoms with Crippen molar-refractivity contribution >= 4 is 28.4 Å². The molecule has 0 radical (unpaired) electrons. The normalized spacial score (nSPS) is 11.4. The van der Waals surface area contributed by atoms with Crippen molar-refractivity contribution in [3.63, 3.8) is 0 Å². The summed E-state index contributed by atoms with van der Waals surface area (Å²) in [5, 5.41) is 26.4. The van der Waals surface area contributed by atoms with Crippen molar-refractivity contribution < 1.29 is 9.66 Å². The molecule has 2 heterocycles. The number of aromatic nitrogens is 4. The van der Waals surface area contributed by atoms with Crippen molar-refractivity contribution in [3.8, 4) is 28.8 Å². The van der Waals surface area contributed by atoms with E-state index in [1.807, 2.05) is 66.2 Å². The van der Waals surface area contributed by atoms with Gasteiger partial charge in [-0.3, -0.25) is 10.1 Å². The van der Waals surface area contributed by atoms with Crippen molar-refractivity contribution in [1.29, 1.82) is 5.26 Å². The molecule has 36 heavy (non-hydrogen) atoms. The predicted molar refractivity (Wildman–Crippen MR) is 136 cm³/mol. The Morgan fingerprint density at radius 1 is 1.11 bits per heavy atom. The largest absolute Gasteiger partial charge is 0.490 e. The monoisotopic (exact) mass is 476 g/mol. The van der Waals surface area contributed by atoms with Gasteiger partial charge in [0.25, 0.3) is 0 Å². The summed E-state index contributed by atoms with van der Waals surface area (Å²) >= 11 is 0. The molecule has 0 saturated carbocycles. The Morgan fingerprint density at radius 3 is 2.56 bits per heavy atom. The number of fused-ring (bicyclic) bond motifs is 1. The van der Waals surface area contributed by atoms with Crippen LogP contribution in [0.4, 0.5) is 5.69 Å². The number of rotatable bonds is 6. The van der Waals surface area contributed by atoms with Gasteiger partial charge in [-0.05, 0) is 42.5 Å². The topological polar surface area (TPSA) is 112 Å². The molecule has 0 unspecified atom stereocenters. The van der Waals surface area contributed by atoms with Crippen LogP contribution in [-0.4, -0.2) is 31.4 Å². The molecule has 5 rings (SSSR count). The van der Waals surface area contributed by atoms with E-state index in [9.17, 15) is 15.4 Å². The summed E-state index contributed by atoms with van der Waals surface area (Å²) in [5.41, 5.74) is 4.27. The van der Waals surface area contributed by atoms with E-state index >= 15 is 0 Å². The Morgan fingerprint density at radius 2 is 1.86 bits per heavy atom. The van der Waals surface area contributed by atoms with Gasteiger partial charge in [-0.2, -0.15) is 10.4 Å². The van der Waals surface area contributed by atoms with Crippen molar-refractivity contribution in [2.75, 3.05) is 7.11 Å². The van der Waals surface area contributed by atoms with Crippen LogP contribution in [0.25, 0.3) is 39.6 Å². The minimum atomic E-state index is -0.494. The number of hydrogen-bond donors (Lipinski definition) is 0. The van der Waals surface area contributed by atoms with Crippen LogP contribution in [0, 0.1) is 21.4 Å². The molecule has 5 aromatic rings. The van der Waals surface area contributed by atoms with Crippen LogP contribution in [0.15, 0.2) is 79.0 Å². The number of allylic oxidation sites excluding steroid dienone is 1. The Bertz CT molecular complexity index is 1680. The zero-order chi connectivity index (χ0) is 25.2. The van der Waals surface area contributed by atoms with Crippen molar-refractivity contribution in [3.05, 3.63) is 100 Å². The fourth-order valence-electron chi connectivity index (χ4n) is 4.10. The molecule has 9 nitrogen and oxygen atoms in total. The lowest BCUT2D eigenvalue weighted by Crippen LogP contribution is -1.96. The maximum absolute atomic E-state index is 11.6. The van der Waals surface area contributed by atoms with E-state index in [4.69, 9.17) is 9.84 Å². The lowest BCUT2D eigenvalue weighted by Gasteiger charge is -2.05. The van der Waals surface area contributed by atoms with Crippen molar-refractivity contribution in [2.45, 2.75) is 0 Å². The van der Waals surface area contributed by atoms with Gasteiger partial charge in [0.05, 0.1) is 34.3 Å². The van der Waals surface area contributed by atoms with Crippen LogP contribution >= 0.6 is 0 Å². The third kappa shape index (κ3) is 3.97. The molecule has 0 N–H and O–H groups in total. The zero-order valence-electron chi connectivity index (χ0n) is 19.5. The van der Waals surface area contributed by atoms with Crippen LogP contribution in [-0.2, 0) is 7.05 Å². The Hall–Kier alpha value is -5.23. The molecule has 3 aromatic carbocycles. The molecular weight excluding hydrogens is 456 g/mol. The number of hydrogen-bond acceptors (Lipinski definition) is 6. The number of nitro groups is 1. The fraction of sp³-hybridized carbons (Fsp3) is 0.0741. The highest BCUT2D eigenvalue weighted by Crippen LogP contribution is 2.34. The number of benzene rings is 3. The molecule has 0 amide bonds. The number of nitro benzene ring substituents is 1.